The quantitative estimate of drug-likeness (QED) is 0.144. The molecule has 4 rings (SSSR count). The van der Waals surface area contributed by atoms with Crippen LogP contribution in [-0.2, 0) is 35.1 Å². The average Bonchev–Trinajstić information content (AvgIpc) is 3.62. The Hall–Kier alpha value is -5.10. The molecule has 0 unspecified atom stereocenters. The van der Waals surface area contributed by atoms with E-state index in [1.54, 1.807) is 57.3 Å². The number of hydrogen-bond donors (Lipinski definition) is 0. The molecule has 0 spiro atoms. The number of ketones is 1. The fourth-order valence-corrected chi connectivity index (χ4v) is 5.47. The molecule has 0 N–H and O–H groups in total. The van der Waals surface area contributed by atoms with Gasteiger partial charge in [-0.3, -0.25) is 4.79 Å². The number of thioether (sulfide) groups is 1. The number of ether oxygens (including phenoxy) is 4. The lowest BCUT2D eigenvalue weighted by Crippen LogP contribution is -2.23. The number of esters is 4. The van der Waals surface area contributed by atoms with Gasteiger partial charge in [0.05, 0.1) is 34.1 Å². The Morgan fingerprint density at radius 2 is 1.30 bits per heavy atom. The van der Waals surface area contributed by atoms with E-state index in [-0.39, 0.29) is 40.6 Å². The molecule has 0 amide bonds. The number of fused-ring (bicyclic) bond motifs is 1. The van der Waals surface area contributed by atoms with Crippen molar-refractivity contribution in [3.8, 4) is 0 Å². The predicted octanol–water partition coefficient (Wildman–Crippen LogP) is 4.07. The van der Waals surface area contributed by atoms with Crippen LogP contribution in [0.15, 0.2) is 77.1 Å². The molecule has 2 heterocycles. The molecule has 0 radical (unpaired) electrons. The van der Waals surface area contributed by atoms with Crippen LogP contribution < -0.4 is 4.90 Å². The van der Waals surface area contributed by atoms with Crippen molar-refractivity contribution in [2.24, 2.45) is 0 Å². The maximum atomic E-state index is 13.9. The molecule has 0 fully saturated rings. The van der Waals surface area contributed by atoms with Gasteiger partial charge in [0, 0.05) is 30.1 Å². The van der Waals surface area contributed by atoms with Crippen LogP contribution in [0.4, 0.5) is 5.82 Å². The Labute approximate surface area is 251 Å². The second kappa shape index (κ2) is 13.7. The lowest BCUT2D eigenvalue weighted by Gasteiger charge is -2.23. The number of carbonyl (C=O) groups is 5. The third-order valence-corrected chi connectivity index (χ3v) is 7.44. The van der Waals surface area contributed by atoms with E-state index in [1.807, 2.05) is 18.2 Å². The first-order chi connectivity index (χ1) is 20.8. The molecule has 0 aliphatic carbocycles. The number of anilines is 1. The molecule has 1 aromatic heterocycles. The van der Waals surface area contributed by atoms with Crippen molar-refractivity contribution in [1.29, 1.82) is 0 Å². The van der Waals surface area contributed by atoms with Crippen molar-refractivity contribution in [3.63, 3.8) is 0 Å². The first-order valence-corrected chi connectivity index (χ1v) is 13.8. The van der Waals surface area contributed by atoms with Crippen LogP contribution in [0.25, 0.3) is 5.70 Å². The number of methoxy groups -OCH3 is 4. The van der Waals surface area contributed by atoms with Crippen molar-refractivity contribution >= 4 is 52.9 Å². The fourth-order valence-electron chi connectivity index (χ4n) is 4.63. The highest BCUT2D eigenvalue weighted by Gasteiger charge is 2.41. The minimum Gasteiger partial charge on any atom is -0.466 e. The molecule has 43 heavy (non-hydrogen) atoms. The summed E-state index contributed by atoms with van der Waals surface area (Å²) in [6.45, 7) is 0.506. The maximum Gasteiger partial charge on any atom is 0.344 e. The van der Waals surface area contributed by atoms with E-state index in [9.17, 15) is 24.0 Å². The van der Waals surface area contributed by atoms with E-state index in [0.29, 0.717) is 16.8 Å². The average molecular weight is 605 g/mol. The summed E-state index contributed by atoms with van der Waals surface area (Å²) in [4.78, 5) is 66.5. The van der Waals surface area contributed by atoms with E-state index in [0.717, 1.165) is 24.9 Å². The SMILES string of the molecule is COC(=O)/C=C(/S/C=C(\c1ccccc1)N1CCn2c(C(=O)c3ccccc3)c(C(=O)OC)c(C(=O)OC)c21)C(=O)OC. The highest BCUT2D eigenvalue weighted by Crippen LogP contribution is 2.41. The molecule has 222 valence electrons. The van der Waals surface area contributed by atoms with Gasteiger partial charge in [-0.05, 0) is 5.56 Å². The molecule has 2 aromatic carbocycles. The van der Waals surface area contributed by atoms with Gasteiger partial charge >= 0.3 is 23.9 Å². The molecule has 0 atom stereocenters. The van der Waals surface area contributed by atoms with Crippen LogP contribution in [0.5, 0.6) is 0 Å². The summed E-state index contributed by atoms with van der Waals surface area (Å²) in [5.74, 6) is -3.48. The van der Waals surface area contributed by atoms with Gasteiger partial charge in [-0.2, -0.15) is 0 Å². The molecule has 0 bridgehead atoms. The van der Waals surface area contributed by atoms with Crippen LogP contribution in [-0.4, -0.2) is 69.2 Å². The molecule has 11 nitrogen and oxygen atoms in total. The van der Waals surface area contributed by atoms with Gasteiger partial charge in [-0.15, -0.1) is 0 Å². The molecule has 1 aliphatic rings. The van der Waals surface area contributed by atoms with Crippen LogP contribution >= 0.6 is 11.8 Å². The molecule has 3 aromatic rings. The van der Waals surface area contributed by atoms with Crippen molar-refractivity contribution < 1.29 is 42.9 Å². The zero-order chi connectivity index (χ0) is 31.1. The van der Waals surface area contributed by atoms with Crippen LogP contribution in [0.2, 0.25) is 0 Å². The van der Waals surface area contributed by atoms with Crippen LogP contribution in [0, 0.1) is 0 Å². The molecular formula is C31H28N2O9S. The number of carbonyl (C=O) groups excluding carboxylic acids is 5. The normalized spacial score (nSPS) is 12.8. The van der Waals surface area contributed by atoms with E-state index in [4.69, 9.17) is 14.2 Å². The summed E-state index contributed by atoms with van der Waals surface area (Å²) in [5.41, 5.74) is 1.12. The number of hydrogen-bond acceptors (Lipinski definition) is 11. The van der Waals surface area contributed by atoms with Crippen molar-refractivity contribution in [3.05, 3.63) is 105 Å². The largest absolute Gasteiger partial charge is 0.466 e. The lowest BCUT2D eigenvalue weighted by molar-refractivity contribution is -0.137. The highest BCUT2D eigenvalue weighted by atomic mass is 32.2. The Morgan fingerprint density at radius 1 is 0.721 bits per heavy atom. The number of nitrogens with zero attached hydrogens (tertiary/aromatic N) is 2. The Morgan fingerprint density at radius 3 is 1.86 bits per heavy atom. The molecule has 0 saturated heterocycles. The Bertz CT molecular complexity index is 1630. The maximum absolute atomic E-state index is 13.9. The molecule has 12 heteroatoms. The topological polar surface area (TPSA) is 130 Å². The van der Waals surface area contributed by atoms with Gasteiger partial charge in [0.1, 0.15) is 27.5 Å². The smallest absolute Gasteiger partial charge is 0.344 e. The third-order valence-electron chi connectivity index (χ3n) is 6.56. The van der Waals surface area contributed by atoms with Gasteiger partial charge in [-0.1, -0.05) is 72.4 Å². The van der Waals surface area contributed by atoms with Gasteiger partial charge in [0.2, 0.25) is 5.78 Å². The number of benzene rings is 2. The van der Waals surface area contributed by atoms with Crippen molar-refractivity contribution in [2.75, 3.05) is 39.9 Å². The van der Waals surface area contributed by atoms with Crippen molar-refractivity contribution in [2.45, 2.75) is 6.54 Å². The number of aromatic nitrogens is 1. The first kappa shape index (κ1) is 30.8. The second-order valence-corrected chi connectivity index (χ2v) is 9.83. The predicted molar refractivity (Wildman–Crippen MR) is 158 cm³/mol. The van der Waals surface area contributed by atoms with E-state index in [2.05, 4.69) is 4.74 Å². The third kappa shape index (κ3) is 6.24. The van der Waals surface area contributed by atoms with Gasteiger partial charge < -0.3 is 28.4 Å². The summed E-state index contributed by atoms with van der Waals surface area (Å²) in [6, 6.07) is 17.4. The summed E-state index contributed by atoms with van der Waals surface area (Å²) in [7, 11) is 4.71. The zero-order valence-electron chi connectivity index (χ0n) is 23.8. The fraction of sp³-hybridized carbons (Fsp3) is 0.194. The van der Waals surface area contributed by atoms with Crippen LogP contribution in [0.3, 0.4) is 0 Å². The Balaban J connectivity index is 1.97. The van der Waals surface area contributed by atoms with Gasteiger partial charge in [-0.25, -0.2) is 19.2 Å². The number of rotatable bonds is 10. The monoisotopic (exact) mass is 604 g/mol. The van der Waals surface area contributed by atoms with E-state index >= 15 is 0 Å². The standard InChI is InChI=1S/C31H28N2O9S/c1-39-23(34)17-22(29(36)40-2)43-18-21(19-11-7-5-8-12-19)32-15-16-33-26(27(35)20-13-9-6-10-14-20)24(30(37)41-3)25(28(32)33)31(38)42-4/h5-14,17-18H,15-16H2,1-4H3/b21-18+,22-17+. The van der Waals surface area contributed by atoms with Gasteiger partial charge in [0.15, 0.2) is 0 Å². The molecule has 0 saturated carbocycles. The summed E-state index contributed by atoms with van der Waals surface area (Å²) >= 11 is 0.905. The molecular weight excluding hydrogens is 576 g/mol. The summed E-state index contributed by atoms with van der Waals surface area (Å²) < 4.78 is 21.2. The minimum absolute atomic E-state index is 0.0168. The highest BCUT2D eigenvalue weighted by molar-refractivity contribution is 8.06. The minimum atomic E-state index is -0.880. The van der Waals surface area contributed by atoms with Crippen molar-refractivity contribution in [1.82, 2.24) is 4.57 Å². The zero-order valence-corrected chi connectivity index (χ0v) is 24.6. The van der Waals surface area contributed by atoms with Gasteiger partial charge in [0.25, 0.3) is 0 Å². The van der Waals surface area contributed by atoms with E-state index < -0.39 is 29.7 Å². The summed E-state index contributed by atoms with van der Waals surface area (Å²) in [5, 5.41) is 1.61. The lowest BCUT2D eigenvalue weighted by atomic mass is 10.0. The second-order valence-electron chi connectivity index (χ2n) is 8.91. The molecule has 1 aliphatic heterocycles. The Kier molecular flexibility index (Phi) is 9.83. The van der Waals surface area contributed by atoms with E-state index in [1.165, 1.54) is 21.3 Å². The van der Waals surface area contributed by atoms with Crippen LogP contribution in [0.1, 0.15) is 42.3 Å². The summed E-state index contributed by atoms with van der Waals surface area (Å²) in [6.07, 6.45) is 1.01. The first-order valence-electron chi connectivity index (χ1n) is 12.9.